The van der Waals surface area contributed by atoms with Crippen molar-refractivity contribution < 1.29 is 4.79 Å². The zero-order valence-electron chi connectivity index (χ0n) is 13.6. The smallest absolute Gasteiger partial charge is 0.284 e. The summed E-state index contributed by atoms with van der Waals surface area (Å²) in [6.07, 6.45) is 0. The first-order valence-corrected chi connectivity index (χ1v) is 8.64. The predicted octanol–water partition coefficient (Wildman–Crippen LogP) is 4.84. The van der Waals surface area contributed by atoms with Gasteiger partial charge in [-0.1, -0.05) is 23.4 Å². The highest BCUT2D eigenvalue weighted by atomic mass is 35.5. The second-order valence-corrected chi connectivity index (χ2v) is 7.84. The Balaban J connectivity index is 2.32. The first-order valence-electron chi connectivity index (χ1n) is 7.28. The lowest BCUT2D eigenvalue weighted by Gasteiger charge is -2.38. The zero-order chi connectivity index (χ0) is 16.5. The third-order valence-corrected chi connectivity index (χ3v) is 4.24. The van der Waals surface area contributed by atoms with E-state index in [1.165, 1.54) is 0 Å². The lowest BCUT2D eigenvalue weighted by atomic mass is 10.1. The van der Waals surface area contributed by atoms with Crippen LogP contribution in [0.3, 0.4) is 0 Å². The Morgan fingerprint density at radius 1 is 1.23 bits per heavy atom. The van der Waals surface area contributed by atoms with Crippen molar-refractivity contribution in [2.45, 2.75) is 46.2 Å². The number of aliphatic imine (C=N–C) groups is 1. The molecule has 0 unspecified atom stereocenters. The van der Waals surface area contributed by atoms with Crippen LogP contribution in [0.2, 0.25) is 5.02 Å². The lowest BCUT2D eigenvalue weighted by molar-refractivity contribution is 0.220. The molecular formula is C16H22ClN3OS. The van der Waals surface area contributed by atoms with Gasteiger partial charge < -0.3 is 0 Å². The number of hydrogen-bond acceptors (Lipinski definition) is 3. The predicted molar refractivity (Wildman–Crippen MR) is 95.9 cm³/mol. The molecule has 0 aromatic heterocycles. The molecule has 0 aliphatic carbocycles. The highest BCUT2D eigenvalue weighted by molar-refractivity contribution is 8.14. The Morgan fingerprint density at radius 3 is 2.32 bits per heavy atom. The summed E-state index contributed by atoms with van der Waals surface area (Å²) in [5.41, 5.74) is 0.639. The molecule has 1 aromatic rings. The van der Waals surface area contributed by atoms with E-state index in [0.717, 1.165) is 10.9 Å². The van der Waals surface area contributed by atoms with Gasteiger partial charge in [0.25, 0.3) is 0 Å². The van der Waals surface area contributed by atoms with Gasteiger partial charge in [-0.05, 0) is 58.9 Å². The number of carbonyl (C=O) groups excluding carboxylic acids is 1. The zero-order valence-corrected chi connectivity index (χ0v) is 15.2. The molecule has 120 valence electrons. The van der Waals surface area contributed by atoms with Crippen molar-refractivity contribution in [2.24, 2.45) is 4.99 Å². The van der Waals surface area contributed by atoms with E-state index in [-0.39, 0.29) is 17.6 Å². The number of halogens is 1. The molecule has 1 aliphatic heterocycles. The first kappa shape index (κ1) is 17.2. The fourth-order valence-electron chi connectivity index (χ4n) is 2.08. The number of anilines is 1. The van der Waals surface area contributed by atoms with E-state index in [4.69, 9.17) is 16.6 Å². The Morgan fingerprint density at radius 2 is 1.82 bits per heavy atom. The minimum atomic E-state index is -0.210. The van der Waals surface area contributed by atoms with Crippen molar-refractivity contribution in [1.29, 1.82) is 0 Å². The van der Waals surface area contributed by atoms with Crippen molar-refractivity contribution >= 4 is 40.2 Å². The molecule has 0 N–H and O–H groups in total. The standard InChI is InChI=1S/C16H22ClN3OS/c1-11(2)20-14(18-16(3,4)5)22-10-19(15(20)21)13-8-6-12(17)7-9-13/h6-9,11H,10H2,1-5H3/b18-14-. The molecular weight excluding hydrogens is 318 g/mol. The van der Waals surface area contributed by atoms with E-state index >= 15 is 0 Å². The van der Waals surface area contributed by atoms with E-state index in [0.29, 0.717) is 10.9 Å². The van der Waals surface area contributed by atoms with Crippen LogP contribution in [0.25, 0.3) is 0 Å². The van der Waals surface area contributed by atoms with Gasteiger partial charge in [0.05, 0.1) is 11.4 Å². The summed E-state index contributed by atoms with van der Waals surface area (Å²) in [4.78, 5) is 21.1. The Kier molecular flexibility index (Phi) is 5.07. The topological polar surface area (TPSA) is 35.9 Å². The molecule has 0 atom stereocenters. The molecule has 22 heavy (non-hydrogen) atoms. The van der Waals surface area contributed by atoms with Gasteiger partial charge >= 0.3 is 6.03 Å². The van der Waals surface area contributed by atoms with Gasteiger partial charge in [-0.3, -0.25) is 14.8 Å². The fraction of sp³-hybridized carbons (Fsp3) is 0.500. The number of hydrogen-bond donors (Lipinski definition) is 0. The summed E-state index contributed by atoms with van der Waals surface area (Å²) < 4.78 is 0. The monoisotopic (exact) mass is 339 g/mol. The van der Waals surface area contributed by atoms with E-state index in [1.807, 2.05) is 46.8 Å². The van der Waals surface area contributed by atoms with Gasteiger partial charge in [0, 0.05) is 16.8 Å². The number of carbonyl (C=O) groups is 1. The van der Waals surface area contributed by atoms with Crippen LogP contribution < -0.4 is 4.90 Å². The van der Waals surface area contributed by atoms with Gasteiger partial charge in [0.1, 0.15) is 0 Å². The van der Waals surface area contributed by atoms with Crippen LogP contribution in [0.15, 0.2) is 29.3 Å². The third-order valence-electron chi connectivity index (χ3n) is 3.05. The number of amides is 2. The molecule has 2 amide bonds. The first-order chi connectivity index (χ1) is 10.2. The number of benzene rings is 1. The van der Waals surface area contributed by atoms with Crippen LogP contribution in [0, 0.1) is 0 Å². The molecule has 4 nitrogen and oxygen atoms in total. The quantitative estimate of drug-likeness (QED) is 0.773. The molecule has 6 heteroatoms. The van der Waals surface area contributed by atoms with Gasteiger partial charge in [-0.2, -0.15) is 0 Å². The minimum Gasteiger partial charge on any atom is -0.284 e. The molecule has 1 aliphatic rings. The van der Waals surface area contributed by atoms with Crippen LogP contribution in [-0.2, 0) is 0 Å². The average molecular weight is 340 g/mol. The van der Waals surface area contributed by atoms with Crippen LogP contribution in [0.5, 0.6) is 0 Å². The molecule has 2 rings (SSSR count). The Hall–Kier alpha value is -1.20. The molecule has 1 fully saturated rings. The van der Waals surface area contributed by atoms with E-state index in [1.54, 1.807) is 33.7 Å². The lowest BCUT2D eigenvalue weighted by Crippen LogP contribution is -2.53. The van der Waals surface area contributed by atoms with E-state index in [2.05, 4.69) is 0 Å². The number of amidine groups is 1. The second-order valence-electron chi connectivity index (χ2n) is 6.49. The van der Waals surface area contributed by atoms with Crippen molar-refractivity contribution in [3.8, 4) is 0 Å². The van der Waals surface area contributed by atoms with E-state index in [9.17, 15) is 4.79 Å². The second kappa shape index (κ2) is 6.50. The molecule has 0 radical (unpaired) electrons. The van der Waals surface area contributed by atoms with Crippen LogP contribution in [0.4, 0.5) is 10.5 Å². The van der Waals surface area contributed by atoms with Crippen LogP contribution >= 0.6 is 23.4 Å². The number of urea groups is 1. The summed E-state index contributed by atoms with van der Waals surface area (Å²) in [6, 6.07) is 7.34. The summed E-state index contributed by atoms with van der Waals surface area (Å²) in [5.74, 6) is 0.554. The molecule has 0 bridgehead atoms. The van der Waals surface area contributed by atoms with Crippen LogP contribution in [0.1, 0.15) is 34.6 Å². The minimum absolute atomic E-state index is 0.0425. The SMILES string of the molecule is CC(C)N1C(=O)N(c2ccc(Cl)cc2)CS/C1=N\C(C)(C)C. The molecule has 1 saturated heterocycles. The number of thioether (sulfide) groups is 1. The van der Waals surface area contributed by atoms with Crippen molar-refractivity contribution in [3.63, 3.8) is 0 Å². The van der Waals surface area contributed by atoms with Crippen LogP contribution in [-0.4, -0.2) is 33.6 Å². The van der Waals surface area contributed by atoms with Crippen molar-refractivity contribution in [1.82, 2.24) is 4.90 Å². The maximum Gasteiger partial charge on any atom is 0.331 e. The summed E-state index contributed by atoms with van der Waals surface area (Å²) >= 11 is 7.51. The molecule has 1 aromatic carbocycles. The van der Waals surface area contributed by atoms with Crippen molar-refractivity contribution in [3.05, 3.63) is 29.3 Å². The van der Waals surface area contributed by atoms with Gasteiger partial charge in [-0.25, -0.2) is 4.79 Å². The number of rotatable bonds is 2. The largest absolute Gasteiger partial charge is 0.331 e. The van der Waals surface area contributed by atoms with Gasteiger partial charge in [-0.15, -0.1) is 0 Å². The normalized spacial score (nSPS) is 18.5. The summed E-state index contributed by atoms with van der Waals surface area (Å²) in [5, 5.41) is 1.45. The average Bonchev–Trinajstić information content (AvgIpc) is 2.38. The highest BCUT2D eigenvalue weighted by Crippen LogP contribution is 2.29. The van der Waals surface area contributed by atoms with Gasteiger partial charge in [0.2, 0.25) is 0 Å². The fourth-order valence-corrected chi connectivity index (χ4v) is 3.48. The molecule has 0 spiro atoms. The highest BCUT2D eigenvalue weighted by Gasteiger charge is 2.34. The maximum atomic E-state index is 12.9. The third kappa shape index (κ3) is 3.96. The summed E-state index contributed by atoms with van der Waals surface area (Å²) in [7, 11) is 0. The Labute approximate surface area is 141 Å². The molecule has 0 saturated carbocycles. The number of nitrogens with zero attached hydrogens (tertiary/aromatic N) is 3. The summed E-state index contributed by atoms with van der Waals surface area (Å²) in [6.45, 7) is 10.1. The van der Waals surface area contributed by atoms with Gasteiger partial charge in [0.15, 0.2) is 5.17 Å². The molecule has 1 heterocycles. The Bertz CT molecular complexity index is 578. The van der Waals surface area contributed by atoms with Crippen molar-refractivity contribution in [2.75, 3.05) is 10.8 Å². The maximum absolute atomic E-state index is 12.9. The van der Waals surface area contributed by atoms with E-state index < -0.39 is 0 Å².